The van der Waals surface area contributed by atoms with Crippen molar-refractivity contribution < 1.29 is 13.9 Å². The number of allylic oxidation sites excluding steroid dienone is 1. The van der Waals surface area contributed by atoms with Gasteiger partial charge in [-0.1, -0.05) is 42.5 Å². The summed E-state index contributed by atoms with van der Waals surface area (Å²) in [6.07, 6.45) is 4.77. The number of carbonyl (C=O) groups is 1. The van der Waals surface area contributed by atoms with E-state index >= 15 is 0 Å². The summed E-state index contributed by atoms with van der Waals surface area (Å²) in [6.45, 7) is 2.92. The van der Waals surface area contributed by atoms with Crippen LogP contribution in [0.3, 0.4) is 0 Å². The summed E-state index contributed by atoms with van der Waals surface area (Å²) in [4.78, 5) is 15.1. The highest BCUT2D eigenvalue weighted by atomic mass is 35.5. The van der Waals surface area contributed by atoms with E-state index in [1.54, 1.807) is 18.4 Å². The smallest absolute Gasteiger partial charge is 0.170 e. The van der Waals surface area contributed by atoms with Gasteiger partial charge in [0.2, 0.25) is 0 Å². The minimum absolute atomic E-state index is 0. The third-order valence-electron chi connectivity index (χ3n) is 5.69. The molecule has 2 aliphatic heterocycles. The van der Waals surface area contributed by atoms with Crippen molar-refractivity contribution in [1.29, 1.82) is 0 Å². The Hall–Kier alpha value is -2.17. The monoisotopic (exact) mass is 401 g/mol. The van der Waals surface area contributed by atoms with Crippen LogP contribution in [0, 0.1) is 5.82 Å². The topological polar surface area (TPSA) is 29.5 Å². The minimum Gasteiger partial charge on any atom is -0.494 e. The summed E-state index contributed by atoms with van der Waals surface area (Å²) in [7, 11) is 0. The predicted octanol–water partition coefficient (Wildman–Crippen LogP) is 4.66. The molecule has 2 aromatic rings. The number of likely N-dealkylation sites (tertiary alicyclic amines) is 1. The molecule has 0 aliphatic carbocycles. The number of ketones is 1. The molecule has 1 spiro atoms. The van der Waals surface area contributed by atoms with Gasteiger partial charge in [0.1, 0.15) is 11.4 Å². The Morgan fingerprint density at radius 1 is 1.00 bits per heavy atom. The largest absolute Gasteiger partial charge is 0.494 e. The molecule has 0 radical (unpaired) electrons. The zero-order chi connectivity index (χ0) is 18.7. The van der Waals surface area contributed by atoms with E-state index < -0.39 is 0 Å². The highest BCUT2D eigenvalue weighted by Crippen LogP contribution is 2.37. The van der Waals surface area contributed by atoms with Crippen LogP contribution in [-0.4, -0.2) is 35.9 Å². The molecule has 1 saturated heterocycles. The number of carbonyl (C=O) groups excluding carboxylic acids is 1. The van der Waals surface area contributed by atoms with Crippen molar-refractivity contribution in [2.24, 2.45) is 0 Å². The van der Waals surface area contributed by atoms with Gasteiger partial charge in [0.05, 0.1) is 18.3 Å². The maximum Gasteiger partial charge on any atom is 0.170 e. The van der Waals surface area contributed by atoms with Crippen LogP contribution in [0.2, 0.25) is 0 Å². The summed E-state index contributed by atoms with van der Waals surface area (Å²) in [6, 6.07) is 16.5. The number of Topliss-reactive ketones (excluding diaryl/α,β-unsaturated/α-hetero) is 1. The minimum atomic E-state index is -0.371. The molecule has 0 N–H and O–H groups in total. The average molecular weight is 402 g/mol. The zero-order valence-corrected chi connectivity index (χ0v) is 16.6. The molecule has 148 valence electrons. The lowest BCUT2D eigenvalue weighted by Crippen LogP contribution is -2.48. The Morgan fingerprint density at radius 3 is 2.32 bits per heavy atom. The fraction of sp³-hybridized carbons (Fsp3) is 0.348. The molecule has 3 nitrogen and oxygen atoms in total. The summed E-state index contributed by atoms with van der Waals surface area (Å²) in [5.41, 5.74) is 2.25. The molecule has 4 rings (SSSR count). The Kier molecular flexibility index (Phi) is 6.53. The van der Waals surface area contributed by atoms with Gasteiger partial charge in [0.25, 0.3) is 0 Å². The number of halogens is 2. The fourth-order valence-electron chi connectivity index (χ4n) is 3.95. The molecular weight excluding hydrogens is 377 g/mol. The molecule has 1 fully saturated rings. The Morgan fingerprint density at radius 2 is 1.68 bits per heavy atom. The lowest BCUT2D eigenvalue weighted by molar-refractivity contribution is -0.124. The van der Waals surface area contributed by atoms with E-state index in [2.05, 4.69) is 29.2 Å². The number of benzene rings is 2. The lowest BCUT2D eigenvalue weighted by Gasteiger charge is -2.42. The lowest BCUT2D eigenvalue weighted by atomic mass is 9.82. The van der Waals surface area contributed by atoms with Gasteiger partial charge in [-0.3, -0.25) is 4.79 Å². The van der Waals surface area contributed by atoms with Crippen molar-refractivity contribution in [3.8, 4) is 0 Å². The van der Waals surface area contributed by atoms with Crippen molar-refractivity contribution >= 4 is 23.8 Å². The highest BCUT2D eigenvalue weighted by Gasteiger charge is 2.41. The number of piperidine rings is 1. The van der Waals surface area contributed by atoms with Crippen molar-refractivity contribution in [1.82, 2.24) is 4.90 Å². The van der Waals surface area contributed by atoms with E-state index in [4.69, 9.17) is 4.74 Å². The second-order valence-electron chi connectivity index (χ2n) is 7.52. The first kappa shape index (κ1) is 20.6. The van der Waals surface area contributed by atoms with Crippen LogP contribution >= 0.6 is 12.4 Å². The van der Waals surface area contributed by atoms with Crippen LogP contribution < -0.4 is 0 Å². The van der Waals surface area contributed by atoms with E-state index in [0.29, 0.717) is 12.0 Å². The summed E-state index contributed by atoms with van der Waals surface area (Å²) in [5.74, 6) is -0.214. The highest BCUT2D eigenvalue weighted by molar-refractivity contribution is 6.21. The number of rotatable bonds is 4. The molecule has 0 bridgehead atoms. The van der Waals surface area contributed by atoms with Crippen LogP contribution in [0.5, 0.6) is 0 Å². The number of nitrogens with zero attached hydrogens (tertiary/aromatic N) is 1. The Balaban J connectivity index is 0.00000225. The molecule has 0 atom stereocenters. The molecule has 0 aromatic heterocycles. The molecule has 2 aliphatic rings. The molecule has 2 aromatic carbocycles. The van der Waals surface area contributed by atoms with E-state index in [-0.39, 0.29) is 29.6 Å². The summed E-state index contributed by atoms with van der Waals surface area (Å²) >= 11 is 0. The average Bonchev–Trinajstić information content (AvgIpc) is 2.70. The number of hydrogen-bond donors (Lipinski definition) is 0. The molecule has 0 unspecified atom stereocenters. The fourth-order valence-corrected chi connectivity index (χ4v) is 3.95. The molecule has 0 saturated carbocycles. The van der Waals surface area contributed by atoms with Crippen molar-refractivity contribution in [2.45, 2.75) is 31.3 Å². The number of hydrogen-bond acceptors (Lipinski definition) is 3. The summed E-state index contributed by atoms with van der Waals surface area (Å²) < 4.78 is 19.2. The van der Waals surface area contributed by atoms with Crippen molar-refractivity contribution in [2.75, 3.05) is 19.6 Å². The van der Waals surface area contributed by atoms with Gasteiger partial charge in [-0.15, -0.1) is 12.4 Å². The van der Waals surface area contributed by atoms with Gasteiger partial charge in [-0.05, 0) is 29.7 Å². The molecule has 5 heteroatoms. The van der Waals surface area contributed by atoms with Crippen LogP contribution in [0.1, 0.15) is 30.4 Å². The van der Waals surface area contributed by atoms with E-state index in [1.807, 2.05) is 6.07 Å². The SMILES string of the molecule is Cl.O=C1CC2(CCN(CCc3ccccc3)CC2)OC=C1c1ccc(F)cc1. The number of ether oxygens (including phenoxy) is 1. The molecule has 2 heterocycles. The normalized spacial score (nSPS) is 18.9. The maximum atomic E-state index is 13.1. The second kappa shape index (κ2) is 8.89. The van der Waals surface area contributed by atoms with Gasteiger partial charge in [0, 0.05) is 32.5 Å². The van der Waals surface area contributed by atoms with Crippen molar-refractivity contribution in [3.63, 3.8) is 0 Å². The van der Waals surface area contributed by atoms with Gasteiger partial charge in [0.15, 0.2) is 5.78 Å². The van der Waals surface area contributed by atoms with Gasteiger partial charge < -0.3 is 9.64 Å². The predicted molar refractivity (Wildman–Crippen MR) is 111 cm³/mol. The first-order valence-corrected chi connectivity index (χ1v) is 9.57. The zero-order valence-electron chi connectivity index (χ0n) is 15.8. The van der Waals surface area contributed by atoms with Gasteiger partial charge >= 0.3 is 0 Å². The maximum absolute atomic E-state index is 13.1. The molecule has 28 heavy (non-hydrogen) atoms. The van der Waals surface area contributed by atoms with Crippen LogP contribution in [0.15, 0.2) is 60.9 Å². The van der Waals surface area contributed by atoms with E-state index in [9.17, 15) is 9.18 Å². The quantitative estimate of drug-likeness (QED) is 0.746. The van der Waals surface area contributed by atoms with Crippen LogP contribution in [-0.2, 0) is 16.0 Å². The Bertz CT molecular complexity index is 827. The van der Waals surface area contributed by atoms with Crippen molar-refractivity contribution in [3.05, 3.63) is 77.8 Å². The van der Waals surface area contributed by atoms with Gasteiger partial charge in [-0.2, -0.15) is 0 Å². The molecule has 0 amide bonds. The van der Waals surface area contributed by atoms with E-state index in [0.717, 1.165) is 44.5 Å². The second-order valence-corrected chi connectivity index (χ2v) is 7.52. The third kappa shape index (κ3) is 4.62. The first-order chi connectivity index (χ1) is 13.1. The Labute approximate surface area is 171 Å². The third-order valence-corrected chi connectivity index (χ3v) is 5.69. The first-order valence-electron chi connectivity index (χ1n) is 9.57. The van der Waals surface area contributed by atoms with Crippen LogP contribution in [0.4, 0.5) is 4.39 Å². The van der Waals surface area contributed by atoms with Gasteiger partial charge in [-0.25, -0.2) is 4.39 Å². The summed E-state index contributed by atoms with van der Waals surface area (Å²) in [5, 5.41) is 0. The standard InChI is InChI=1S/C23H24FNO2.ClH/c24-20-8-6-19(7-9-20)21-17-27-23(16-22(21)26)11-14-25(15-12-23)13-10-18-4-2-1-3-5-18;/h1-9,17H,10-16H2;1H. The van der Waals surface area contributed by atoms with Crippen LogP contribution in [0.25, 0.3) is 5.57 Å². The molecular formula is C23H25ClFNO2. The van der Waals surface area contributed by atoms with E-state index in [1.165, 1.54) is 17.7 Å².